The van der Waals surface area contributed by atoms with Crippen molar-refractivity contribution < 1.29 is 8.42 Å². The molecule has 0 amide bonds. The Labute approximate surface area is 160 Å². The van der Waals surface area contributed by atoms with Gasteiger partial charge in [0.05, 0.1) is 12.2 Å². The van der Waals surface area contributed by atoms with E-state index in [1.165, 1.54) is 11.8 Å². The molecule has 2 saturated heterocycles. The zero-order chi connectivity index (χ0) is 19.0. The van der Waals surface area contributed by atoms with Crippen molar-refractivity contribution in [3.8, 4) is 0 Å². The number of pyridine rings is 1. The molecule has 8 nitrogen and oxygen atoms in total. The van der Waals surface area contributed by atoms with E-state index in [0.29, 0.717) is 13.1 Å². The molecule has 0 N–H and O–H groups in total. The van der Waals surface area contributed by atoms with E-state index < -0.39 is 10.0 Å². The molecule has 0 aromatic carbocycles. The van der Waals surface area contributed by atoms with Crippen LogP contribution in [-0.2, 0) is 17.1 Å². The Bertz CT molecular complexity index is 887. The van der Waals surface area contributed by atoms with Crippen molar-refractivity contribution in [1.29, 1.82) is 0 Å². The summed E-state index contributed by atoms with van der Waals surface area (Å²) < 4.78 is 29.1. The molecule has 2 aromatic rings. The summed E-state index contributed by atoms with van der Waals surface area (Å²) in [5.74, 6) is 0.818. The molecule has 1 unspecified atom stereocenters. The Morgan fingerprint density at radius 2 is 1.81 bits per heavy atom. The molecule has 9 heteroatoms. The normalized spacial score (nSPS) is 22.4. The van der Waals surface area contributed by atoms with E-state index >= 15 is 0 Å². The minimum absolute atomic E-state index is 0.242. The molecular weight excluding hydrogens is 364 g/mol. The van der Waals surface area contributed by atoms with Crippen molar-refractivity contribution in [1.82, 2.24) is 24.0 Å². The van der Waals surface area contributed by atoms with Gasteiger partial charge in [-0.1, -0.05) is 0 Å². The summed E-state index contributed by atoms with van der Waals surface area (Å²) in [4.78, 5) is 9.15. The van der Waals surface area contributed by atoms with Crippen LogP contribution in [0.25, 0.3) is 0 Å². The van der Waals surface area contributed by atoms with Gasteiger partial charge in [-0.15, -0.1) is 0 Å². The SMILES string of the molecule is CN1CCN(S(=O)(=O)c2ccc(N3CCCC3c3cnn(C)c3)nc2)CC1. The number of aryl methyl sites for hydroxylation is 1. The van der Waals surface area contributed by atoms with Gasteiger partial charge in [0.1, 0.15) is 10.7 Å². The van der Waals surface area contributed by atoms with Gasteiger partial charge < -0.3 is 9.80 Å². The van der Waals surface area contributed by atoms with E-state index in [-0.39, 0.29) is 10.9 Å². The molecule has 0 spiro atoms. The monoisotopic (exact) mass is 390 g/mol. The first-order valence-corrected chi connectivity index (χ1v) is 10.8. The van der Waals surface area contributed by atoms with Crippen LogP contribution in [0.1, 0.15) is 24.4 Å². The van der Waals surface area contributed by atoms with Gasteiger partial charge in [-0.25, -0.2) is 13.4 Å². The smallest absolute Gasteiger partial charge is 0.244 e. The Morgan fingerprint density at radius 3 is 2.44 bits per heavy atom. The standard InChI is InChI=1S/C18H26N6O2S/c1-21-8-10-23(11-9-21)27(25,26)16-5-6-18(19-13-16)24-7-3-4-17(24)15-12-20-22(2)14-15/h5-6,12-14,17H,3-4,7-11H2,1-2H3. The van der Waals surface area contributed by atoms with Crippen molar-refractivity contribution in [3.05, 3.63) is 36.3 Å². The summed E-state index contributed by atoms with van der Waals surface area (Å²) in [5.41, 5.74) is 1.17. The summed E-state index contributed by atoms with van der Waals surface area (Å²) in [5, 5.41) is 4.27. The highest BCUT2D eigenvalue weighted by Crippen LogP contribution is 2.35. The molecule has 0 radical (unpaired) electrons. The molecule has 4 heterocycles. The van der Waals surface area contributed by atoms with Crippen molar-refractivity contribution in [2.24, 2.45) is 7.05 Å². The maximum Gasteiger partial charge on any atom is 0.244 e. The van der Waals surface area contributed by atoms with Crippen LogP contribution in [0.4, 0.5) is 5.82 Å². The Morgan fingerprint density at radius 1 is 1.04 bits per heavy atom. The first-order chi connectivity index (χ1) is 12.9. The molecule has 146 valence electrons. The average molecular weight is 391 g/mol. The third-order valence-electron chi connectivity index (χ3n) is 5.48. The fourth-order valence-corrected chi connectivity index (χ4v) is 5.24. The fourth-order valence-electron chi connectivity index (χ4n) is 3.87. The summed E-state index contributed by atoms with van der Waals surface area (Å²) in [6.07, 6.45) is 7.57. The largest absolute Gasteiger partial charge is 0.349 e. The number of rotatable bonds is 4. The molecular formula is C18H26N6O2S. The fraction of sp³-hybridized carbons (Fsp3) is 0.556. The highest BCUT2D eigenvalue weighted by atomic mass is 32.2. The van der Waals surface area contributed by atoms with Crippen LogP contribution in [0.2, 0.25) is 0 Å². The second kappa shape index (κ2) is 7.21. The molecule has 2 aliphatic heterocycles. The van der Waals surface area contributed by atoms with Crippen LogP contribution in [0.3, 0.4) is 0 Å². The Kier molecular flexibility index (Phi) is 4.92. The van der Waals surface area contributed by atoms with Gasteiger partial charge in [-0.3, -0.25) is 4.68 Å². The summed E-state index contributed by atoms with van der Waals surface area (Å²) >= 11 is 0. The number of likely N-dealkylation sites (N-methyl/N-ethyl adjacent to an activating group) is 1. The number of hydrogen-bond acceptors (Lipinski definition) is 6. The maximum atomic E-state index is 12.9. The number of anilines is 1. The van der Waals surface area contributed by atoms with Crippen LogP contribution in [0.5, 0.6) is 0 Å². The molecule has 27 heavy (non-hydrogen) atoms. The van der Waals surface area contributed by atoms with Crippen LogP contribution in [-0.4, -0.2) is 72.2 Å². The Balaban J connectivity index is 1.53. The van der Waals surface area contributed by atoms with Gasteiger partial charge in [0.15, 0.2) is 0 Å². The lowest BCUT2D eigenvalue weighted by molar-refractivity contribution is 0.222. The quantitative estimate of drug-likeness (QED) is 0.778. The van der Waals surface area contributed by atoms with Crippen LogP contribution in [0, 0.1) is 0 Å². The molecule has 4 rings (SSSR count). The second-order valence-corrected chi connectivity index (χ2v) is 9.30. The first-order valence-electron chi connectivity index (χ1n) is 9.35. The van der Waals surface area contributed by atoms with Crippen molar-refractivity contribution >= 4 is 15.8 Å². The first kappa shape index (κ1) is 18.4. The average Bonchev–Trinajstić information content (AvgIpc) is 3.31. The summed E-state index contributed by atoms with van der Waals surface area (Å²) in [6, 6.07) is 3.76. The predicted octanol–water partition coefficient (Wildman–Crippen LogP) is 1.09. The van der Waals surface area contributed by atoms with Crippen molar-refractivity contribution in [2.45, 2.75) is 23.8 Å². The third kappa shape index (κ3) is 3.59. The van der Waals surface area contributed by atoms with Crippen LogP contribution < -0.4 is 4.90 Å². The van der Waals surface area contributed by atoms with Gasteiger partial charge in [-0.05, 0) is 32.0 Å². The topological polar surface area (TPSA) is 74.6 Å². The van der Waals surface area contributed by atoms with E-state index in [2.05, 4.69) is 19.9 Å². The molecule has 0 aliphatic carbocycles. The zero-order valence-corrected chi connectivity index (χ0v) is 16.6. The van der Waals surface area contributed by atoms with Crippen LogP contribution in [0.15, 0.2) is 35.6 Å². The summed E-state index contributed by atoms with van der Waals surface area (Å²) in [6.45, 7) is 3.47. The van der Waals surface area contributed by atoms with Gasteiger partial charge >= 0.3 is 0 Å². The molecule has 1 atom stereocenters. The van der Waals surface area contributed by atoms with Gasteiger partial charge in [0, 0.05) is 57.7 Å². The number of aromatic nitrogens is 3. The minimum atomic E-state index is -3.48. The minimum Gasteiger partial charge on any atom is -0.349 e. The zero-order valence-electron chi connectivity index (χ0n) is 15.8. The lowest BCUT2D eigenvalue weighted by Gasteiger charge is -2.31. The molecule has 2 fully saturated rings. The lowest BCUT2D eigenvalue weighted by Crippen LogP contribution is -2.47. The van der Waals surface area contributed by atoms with E-state index in [4.69, 9.17) is 0 Å². The second-order valence-electron chi connectivity index (χ2n) is 7.36. The van der Waals surface area contributed by atoms with Gasteiger partial charge in [-0.2, -0.15) is 9.40 Å². The molecule has 2 aliphatic rings. The highest BCUT2D eigenvalue weighted by Gasteiger charge is 2.30. The predicted molar refractivity (Wildman–Crippen MR) is 103 cm³/mol. The van der Waals surface area contributed by atoms with Crippen molar-refractivity contribution in [3.63, 3.8) is 0 Å². The number of nitrogens with zero attached hydrogens (tertiary/aromatic N) is 6. The lowest BCUT2D eigenvalue weighted by atomic mass is 10.1. The number of hydrogen-bond donors (Lipinski definition) is 0. The molecule has 0 saturated carbocycles. The maximum absolute atomic E-state index is 12.9. The van der Waals surface area contributed by atoms with E-state index in [9.17, 15) is 8.42 Å². The third-order valence-corrected chi connectivity index (χ3v) is 7.36. The van der Waals surface area contributed by atoms with E-state index in [1.807, 2.05) is 37.2 Å². The van der Waals surface area contributed by atoms with E-state index in [1.54, 1.807) is 10.4 Å². The van der Waals surface area contributed by atoms with E-state index in [0.717, 1.165) is 38.3 Å². The van der Waals surface area contributed by atoms with Crippen LogP contribution >= 0.6 is 0 Å². The van der Waals surface area contributed by atoms with Gasteiger partial charge in [0.2, 0.25) is 10.0 Å². The van der Waals surface area contributed by atoms with Crippen molar-refractivity contribution in [2.75, 3.05) is 44.7 Å². The molecule has 2 aromatic heterocycles. The molecule has 0 bridgehead atoms. The number of piperazine rings is 1. The highest BCUT2D eigenvalue weighted by molar-refractivity contribution is 7.89. The van der Waals surface area contributed by atoms with Gasteiger partial charge in [0.25, 0.3) is 0 Å². The number of sulfonamides is 1. The Hall–Kier alpha value is -1.97. The summed E-state index contributed by atoms with van der Waals surface area (Å²) in [7, 11) is 0.449.